The number of benzene rings is 1. The molecule has 2 saturated carbocycles. The first-order valence-corrected chi connectivity index (χ1v) is 9.51. The number of hydrogen-bond donors (Lipinski definition) is 0. The van der Waals surface area contributed by atoms with Crippen LogP contribution in [0.15, 0.2) is 24.3 Å². The summed E-state index contributed by atoms with van der Waals surface area (Å²) in [7, 11) is 0. The standard InChI is InChI=1S/C20H28FNO2/c21-17-7-5-15(6-8-17)13-22-11-12-23-20-18(22)9-10-19(20)24-14-16-3-1-2-4-16/h5-8,16,18-20H,1-4,9-14H2/t18-,19+,20+/m0/s1. The van der Waals surface area contributed by atoms with Crippen LogP contribution in [0.2, 0.25) is 0 Å². The third-order valence-electron chi connectivity index (χ3n) is 5.97. The fourth-order valence-electron chi connectivity index (χ4n) is 4.63. The fourth-order valence-corrected chi connectivity index (χ4v) is 4.63. The maximum atomic E-state index is 13.1. The van der Waals surface area contributed by atoms with Crippen LogP contribution in [0.25, 0.3) is 0 Å². The normalized spacial score (nSPS) is 31.5. The Morgan fingerprint density at radius 3 is 2.67 bits per heavy atom. The molecule has 0 amide bonds. The number of halogens is 1. The highest BCUT2D eigenvalue weighted by molar-refractivity contribution is 5.16. The third-order valence-corrected chi connectivity index (χ3v) is 5.97. The molecule has 3 aliphatic rings. The van der Waals surface area contributed by atoms with E-state index in [2.05, 4.69) is 4.90 Å². The largest absolute Gasteiger partial charge is 0.375 e. The van der Waals surface area contributed by atoms with Crippen molar-refractivity contribution >= 4 is 0 Å². The van der Waals surface area contributed by atoms with E-state index < -0.39 is 0 Å². The Bertz CT molecular complexity index is 529. The number of ether oxygens (including phenoxy) is 2. The average Bonchev–Trinajstić information content (AvgIpc) is 3.25. The Morgan fingerprint density at radius 1 is 1.08 bits per heavy atom. The van der Waals surface area contributed by atoms with Crippen LogP contribution in [0.4, 0.5) is 4.39 Å². The minimum Gasteiger partial charge on any atom is -0.375 e. The van der Waals surface area contributed by atoms with Gasteiger partial charge in [0, 0.05) is 25.7 Å². The van der Waals surface area contributed by atoms with Crippen LogP contribution in [0.1, 0.15) is 44.1 Å². The fraction of sp³-hybridized carbons (Fsp3) is 0.700. The number of fused-ring (bicyclic) bond motifs is 1. The maximum absolute atomic E-state index is 13.1. The Hall–Kier alpha value is -0.970. The van der Waals surface area contributed by atoms with E-state index in [-0.39, 0.29) is 18.0 Å². The molecule has 3 atom stereocenters. The molecule has 0 bridgehead atoms. The summed E-state index contributed by atoms with van der Waals surface area (Å²) in [5, 5.41) is 0. The van der Waals surface area contributed by atoms with Crippen molar-refractivity contribution in [2.45, 2.75) is 63.3 Å². The van der Waals surface area contributed by atoms with E-state index in [1.165, 1.54) is 31.2 Å². The maximum Gasteiger partial charge on any atom is 0.123 e. The molecule has 0 radical (unpaired) electrons. The second kappa shape index (κ2) is 7.51. The molecule has 0 aromatic heterocycles. The summed E-state index contributed by atoms with van der Waals surface area (Å²) in [5.74, 6) is 0.600. The van der Waals surface area contributed by atoms with Crippen LogP contribution in [0.3, 0.4) is 0 Å². The lowest BCUT2D eigenvalue weighted by molar-refractivity contribution is -0.119. The van der Waals surface area contributed by atoms with Crippen molar-refractivity contribution in [1.82, 2.24) is 4.90 Å². The van der Waals surface area contributed by atoms with Crippen molar-refractivity contribution in [3.63, 3.8) is 0 Å². The molecule has 1 aliphatic heterocycles. The van der Waals surface area contributed by atoms with Gasteiger partial charge >= 0.3 is 0 Å². The van der Waals surface area contributed by atoms with Crippen LogP contribution in [-0.2, 0) is 16.0 Å². The Kier molecular flexibility index (Phi) is 5.16. The first kappa shape index (κ1) is 16.5. The smallest absolute Gasteiger partial charge is 0.123 e. The first-order chi connectivity index (χ1) is 11.8. The molecule has 1 aromatic rings. The summed E-state index contributed by atoms with van der Waals surface area (Å²) in [4.78, 5) is 2.50. The molecular formula is C20H28FNO2. The molecule has 2 aliphatic carbocycles. The number of nitrogens with zero attached hydrogens (tertiary/aromatic N) is 1. The van der Waals surface area contributed by atoms with Gasteiger partial charge in [-0.1, -0.05) is 25.0 Å². The highest BCUT2D eigenvalue weighted by Crippen LogP contribution is 2.34. The van der Waals surface area contributed by atoms with Gasteiger partial charge in [-0.3, -0.25) is 4.90 Å². The number of hydrogen-bond acceptors (Lipinski definition) is 3. The molecule has 1 aromatic carbocycles. The van der Waals surface area contributed by atoms with Crippen LogP contribution in [0.5, 0.6) is 0 Å². The topological polar surface area (TPSA) is 21.7 Å². The second-order valence-electron chi connectivity index (χ2n) is 7.60. The predicted molar refractivity (Wildman–Crippen MR) is 91.3 cm³/mol. The molecule has 132 valence electrons. The average molecular weight is 333 g/mol. The lowest BCUT2D eigenvalue weighted by Gasteiger charge is -2.39. The number of rotatable bonds is 5. The van der Waals surface area contributed by atoms with Crippen molar-refractivity contribution in [1.29, 1.82) is 0 Å². The van der Waals surface area contributed by atoms with Gasteiger partial charge in [-0.05, 0) is 49.3 Å². The van der Waals surface area contributed by atoms with E-state index in [9.17, 15) is 4.39 Å². The third kappa shape index (κ3) is 3.66. The van der Waals surface area contributed by atoms with E-state index in [1.54, 1.807) is 12.1 Å². The minimum atomic E-state index is -0.167. The van der Waals surface area contributed by atoms with Crippen molar-refractivity contribution in [3.8, 4) is 0 Å². The summed E-state index contributed by atoms with van der Waals surface area (Å²) in [6.07, 6.45) is 8.10. The molecular weight excluding hydrogens is 305 g/mol. The molecule has 3 nitrogen and oxygen atoms in total. The quantitative estimate of drug-likeness (QED) is 0.819. The Morgan fingerprint density at radius 2 is 1.88 bits per heavy atom. The van der Waals surface area contributed by atoms with Gasteiger partial charge in [0.15, 0.2) is 0 Å². The summed E-state index contributed by atoms with van der Waals surface area (Å²) in [5.41, 5.74) is 1.17. The van der Waals surface area contributed by atoms with Crippen molar-refractivity contribution in [2.24, 2.45) is 5.92 Å². The minimum absolute atomic E-state index is 0.167. The molecule has 3 fully saturated rings. The highest BCUT2D eigenvalue weighted by atomic mass is 19.1. The van der Waals surface area contributed by atoms with Gasteiger partial charge < -0.3 is 9.47 Å². The van der Waals surface area contributed by atoms with Gasteiger partial charge in [-0.2, -0.15) is 0 Å². The SMILES string of the molecule is Fc1ccc(CN2CCO[C@H]3[C@H](OCC4CCCC4)CC[C@@H]32)cc1. The summed E-state index contributed by atoms with van der Waals surface area (Å²) < 4.78 is 25.5. The van der Waals surface area contributed by atoms with E-state index in [0.29, 0.717) is 6.04 Å². The molecule has 0 unspecified atom stereocenters. The zero-order valence-electron chi connectivity index (χ0n) is 14.3. The van der Waals surface area contributed by atoms with Crippen LogP contribution >= 0.6 is 0 Å². The van der Waals surface area contributed by atoms with E-state index in [4.69, 9.17) is 9.47 Å². The molecule has 1 heterocycles. The first-order valence-electron chi connectivity index (χ1n) is 9.51. The van der Waals surface area contributed by atoms with Gasteiger partial charge in [0.05, 0.1) is 18.8 Å². The Balaban J connectivity index is 1.34. The van der Waals surface area contributed by atoms with Crippen molar-refractivity contribution < 1.29 is 13.9 Å². The van der Waals surface area contributed by atoms with Gasteiger partial charge in [0.1, 0.15) is 5.82 Å². The van der Waals surface area contributed by atoms with Gasteiger partial charge in [-0.25, -0.2) is 4.39 Å². The van der Waals surface area contributed by atoms with Crippen molar-refractivity contribution in [2.75, 3.05) is 19.8 Å². The van der Waals surface area contributed by atoms with Gasteiger partial charge in [0.25, 0.3) is 0 Å². The number of morpholine rings is 1. The van der Waals surface area contributed by atoms with Crippen LogP contribution < -0.4 is 0 Å². The van der Waals surface area contributed by atoms with E-state index in [0.717, 1.165) is 45.1 Å². The molecule has 0 spiro atoms. The summed E-state index contributed by atoms with van der Waals surface area (Å²) >= 11 is 0. The molecule has 1 saturated heterocycles. The van der Waals surface area contributed by atoms with Crippen molar-refractivity contribution in [3.05, 3.63) is 35.6 Å². The molecule has 24 heavy (non-hydrogen) atoms. The summed E-state index contributed by atoms with van der Waals surface area (Å²) in [6, 6.07) is 7.33. The van der Waals surface area contributed by atoms with Gasteiger partial charge in [-0.15, -0.1) is 0 Å². The summed E-state index contributed by atoms with van der Waals surface area (Å²) in [6.45, 7) is 3.51. The van der Waals surface area contributed by atoms with Gasteiger partial charge in [0.2, 0.25) is 0 Å². The lowest BCUT2D eigenvalue weighted by atomic mass is 10.1. The molecule has 4 rings (SSSR count). The zero-order chi connectivity index (χ0) is 16.4. The monoisotopic (exact) mass is 333 g/mol. The molecule has 0 N–H and O–H groups in total. The van der Waals surface area contributed by atoms with Crippen LogP contribution in [-0.4, -0.2) is 42.9 Å². The zero-order valence-corrected chi connectivity index (χ0v) is 14.3. The predicted octanol–water partition coefficient (Wildman–Crippen LogP) is 3.76. The molecule has 4 heteroatoms. The lowest BCUT2D eigenvalue weighted by Crippen LogP contribution is -2.51. The Labute approximate surface area is 144 Å². The van der Waals surface area contributed by atoms with E-state index >= 15 is 0 Å². The van der Waals surface area contributed by atoms with Crippen LogP contribution in [0, 0.1) is 11.7 Å². The highest BCUT2D eigenvalue weighted by Gasteiger charge is 2.43. The second-order valence-corrected chi connectivity index (χ2v) is 7.60. The van der Waals surface area contributed by atoms with E-state index in [1.807, 2.05) is 12.1 Å².